The first-order valence-corrected chi connectivity index (χ1v) is 6.70. The second-order valence-corrected chi connectivity index (χ2v) is 4.85. The number of amides is 1. The van der Waals surface area contributed by atoms with E-state index in [1.54, 1.807) is 11.8 Å². The van der Waals surface area contributed by atoms with E-state index in [1.807, 2.05) is 4.90 Å². The minimum absolute atomic E-state index is 0.242. The molecule has 0 saturated carbocycles. The minimum atomic E-state index is 0.242. The first-order valence-electron chi connectivity index (χ1n) is 5.71. The summed E-state index contributed by atoms with van der Waals surface area (Å²) in [6.45, 7) is 6.86. The molecule has 86 valence electrons. The lowest BCUT2D eigenvalue weighted by molar-refractivity contribution is -0.129. The van der Waals surface area contributed by atoms with Crippen LogP contribution in [0.1, 0.15) is 33.1 Å². The van der Waals surface area contributed by atoms with Gasteiger partial charge in [0.2, 0.25) is 5.91 Å². The average Bonchev–Trinajstić information content (AvgIpc) is 2.70. The van der Waals surface area contributed by atoms with Crippen LogP contribution >= 0.6 is 11.8 Å². The highest BCUT2D eigenvalue weighted by Gasteiger charge is 2.16. The van der Waals surface area contributed by atoms with Crippen LogP contribution < -0.4 is 0 Å². The molecular weight excluding hydrogens is 208 g/mol. The lowest BCUT2D eigenvalue weighted by atomic mass is 10.3. The molecule has 1 amide bonds. The summed E-state index contributed by atoms with van der Waals surface area (Å²) in [7, 11) is 0. The Morgan fingerprint density at radius 2 is 2.07 bits per heavy atom. The maximum Gasteiger partial charge on any atom is 0.229 e. The van der Waals surface area contributed by atoms with Gasteiger partial charge >= 0.3 is 0 Å². The third-order valence-corrected chi connectivity index (χ3v) is 3.28. The number of nitrogens with zero attached hydrogens (tertiary/aromatic N) is 2. The SMILES string of the molecule is CCCN(CCC)C(=O)CC1=NCCS1. The Labute approximate surface area is 96.3 Å². The molecule has 0 aliphatic carbocycles. The van der Waals surface area contributed by atoms with Gasteiger partial charge in [-0.15, -0.1) is 11.8 Å². The first kappa shape index (κ1) is 12.6. The number of rotatable bonds is 6. The highest BCUT2D eigenvalue weighted by Crippen LogP contribution is 2.15. The van der Waals surface area contributed by atoms with Crippen molar-refractivity contribution in [3.8, 4) is 0 Å². The summed E-state index contributed by atoms with van der Waals surface area (Å²) in [5.41, 5.74) is 0. The number of thioether (sulfide) groups is 1. The second kappa shape index (κ2) is 6.88. The Bertz CT molecular complexity index is 235. The van der Waals surface area contributed by atoms with E-state index in [1.165, 1.54) is 0 Å². The van der Waals surface area contributed by atoms with E-state index in [-0.39, 0.29) is 5.91 Å². The van der Waals surface area contributed by atoms with Gasteiger partial charge in [-0.25, -0.2) is 0 Å². The molecule has 0 atom stereocenters. The number of hydrogen-bond acceptors (Lipinski definition) is 3. The monoisotopic (exact) mass is 228 g/mol. The molecule has 15 heavy (non-hydrogen) atoms. The van der Waals surface area contributed by atoms with Crippen molar-refractivity contribution in [3.05, 3.63) is 0 Å². The van der Waals surface area contributed by atoms with E-state index in [0.717, 1.165) is 43.3 Å². The van der Waals surface area contributed by atoms with Crippen LogP contribution in [0.3, 0.4) is 0 Å². The van der Waals surface area contributed by atoms with Gasteiger partial charge in [-0.05, 0) is 12.8 Å². The molecule has 1 aliphatic heterocycles. The van der Waals surface area contributed by atoms with E-state index in [9.17, 15) is 4.79 Å². The summed E-state index contributed by atoms with van der Waals surface area (Å²) in [5, 5.41) is 1.03. The van der Waals surface area contributed by atoms with Gasteiger partial charge < -0.3 is 4.90 Å². The Balaban J connectivity index is 2.40. The molecule has 3 nitrogen and oxygen atoms in total. The van der Waals surface area contributed by atoms with Crippen LogP contribution in [0.5, 0.6) is 0 Å². The molecule has 0 N–H and O–H groups in total. The lowest BCUT2D eigenvalue weighted by Crippen LogP contribution is -2.33. The molecule has 0 saturated heterocycles. The van der Waals surface area contributed by atoms with Crippen LogP contribution in [0.2, 0.25) is 0 Å². The second-order valence-electron chi connectivity index (χ2n) is 3.68. The van der Waals surface area contributed by atoms with E-state index < -0.39 is 0 Å². The van der Waals surface area contributed by atoms with Gasteiger partial charge in [-0.1, -0.05) is 13.8 Å². The van der Waals surface area contributed by atoms with Crippen molar-refractivity contribution in [1.82, 2.24) is 4.90 Å². The van der Waals surface area contributed by atoms with Gasteiger partial charge in [0.1, 0.15) is 0 Å². The van der Waals surface area contributed by atoms with Crippen LogP contribution in [-0.2, 0) is 4.79 Å². The zero-order chi connectivity index (χ0) is 11.1. The third kappa shape index (κ3) is 4.24. The highest BCUT2D eigenvalue weighted by molar-refractivity contribution is 8.14. The fraction of sp³-hybridized carbons (Fsp3) is 0.818. The van der Waals surface area contributed by atoms with Gasteiger partial charge in [0.15, 0.2) is 0 Å². The summed E-state index contributed by atoms with van der Waals surface area (Å²) in [4.78, 5) is 18.2. The zero-order valence-electron chi connectivity index (χ0n) is 9.66. The van der Waals surface area contributed by atoms with E-state index in [2.05, 4.69) is 18.8 Å². The van der Waals surface area contributed by atoms with E-state index in [4.69, 9.17) is 0 Å². The van der Waals surface area contributed by atoms with Gasteiger partial charge in [0.05, 0.1) is 11.5 Å². The molecule has 0 spiro atoms. The molecular formula is C11H20N2OS. The third-order valence-electron chi connectivity index (χ3n) is 2.29. The standard InChI is InChI=1S/C11H20N2OS/c1-3-6-13(7-4-2)11(14)9-10-12-5-8-15-10/h3-9H2,1-2H3. The van der Waals surface area contributed by atoms with Crippen LogP contribution in [0, 0.1) is 0 Å². The summed E-state index contributed by atoms with van der Waals surface area (Å²) in [6, 6.07) is 0. The summed E-state index contributed by atoms with van der Waals surface area (Å²) >= 11 is 1.73. The van der Waals surface area contributed by atoms with Crippen molar-refractivity contribution in [2.45, 2.75) is 33.1 Å². The first-order chi connectivity index (χ1) is 7.27. The average molecular weight is 228 g/mol. The molecule has 1 heterocycles. The number of aliphatic imine (C=N–C) groups is 1. The minimum Gasteiger partial charge on any atom is -0.342 e. The van der Waals surface area contributed by atoms with Crippen LogP contribution in [0.25, 0.3) is 0 Å². The molecule has 0 bridgehead atoms. The molecule has 4 heteroatoms. The van der Waals surface area contributed by atoms with E-state index >= 15 is 0 Å². The van der Waals surface area contributed by atoms with Crippen molar-refractivity contribution in [2.24, 2.45) is 4.99 Å². The van der Waals surface area contributed by atoms with E-state index in [0.29, 0.717) is 6.42 Å². The Kier molecular flexibility index (Phi) is 5.76. The van der Waals surface area contributed by atoms with Crippen LogP contribution in [0.15, 0.2) is 4.99 Å². The molecule has 0 aromatic rings. The maximum absolute atomic E-state index is 11.9. The summed E-state index contributed by atoms with van der Waals surface area (Å²) in [5.74, 6) is 1.29. The molecule has 0 aromatic heterocycles. The number of carbonyl (C=O) groups is 1. The summed E-state index contributed by atoms with van der Waals surface area (Å²) in [6.07, 6.45) is 2.58. The van der Waals surface area contributed by atoms with Crippen molar-refractivity contribution in [1.29, 1.82) is 0 Å². The van der Waals surface area contributed by atoms with Crippen molar-refractivity contribution in [3.63, 3.8) is 0 Å². The Morgan fingerprint density at radius 3 is 2.53 bits per heavy atom. The molecule has 1 aliphatic rings. The number of hydrogen-bond donors (Lipinski definition) is 0. The van der Waals surface area contributed by atoms with Crippen molar-refractivity contribution in [2.75, 3.05) is 25.4 Å². The molecule has 0 fully saturated rings. The Hall–Kier alpha value is -0.510. The van der Waals surface area contributed by atoms with Gasteiger partial charge in [-0.3, -0.25) is 9.79 Å². The normalized spacial score (nSPS) is 15.2. The zero-order valence-corrected chi connectivity index (χ0v) is 10.5. The quantitative estimate of drug-likeness (QED) is 0.698. The predicted octanol–water partition coefficient (Wildman–Crippen LogP) is 2.17. The lowest BCUT2D eigenvalue weighted by Gasteiger charge is -2.21. The van der Waals surface area contributed by atoms with Crippen LogP contribution in [0.4, 0.5) is 0 Å². The molecule has 0 radical (unpaired) electrons. The van der Waals surface area contributed by atoms with Crippen LogP contribution in [-0.4, -0.2) is 41.2 Å². The van der Waals surface area contributed by atoms with Gasteiger partial charge in [0, 0.05) is 25.4 Å². The smallest absolute Gasteiger partial charge is 0.229 e. The molecule has 0 unspecified atom stereocenters. The molecule has 1 rings (SSSR count). The predicted molar refractivity (Wildman–Crippen MR) is 66.5 cm³/mol. The summed E-state index contributed by atoms with van der Waals surface area (Å²) < 4.78 is 0. The van der Waals surface area contributed by atoms with Gasteiger partial charge in [-0.2, -0.15) is 0 Å². The van der Waals surface area contributed by atoms with Crippen molar-refractivity contribution < 1.29 is 4.79 Å². The largest absolute Gasteiger partial charge is 0.342 e. The number of carbonyl (C=O) groups excluding carboxylic acids is 1. The highest BCUT2D eigenvalue weighted by atomic mass is 32.2. The topological polar surface area (TPSA) is 32.7 Å². The Morgan fingerprint density at radius 1 is 1.40 bits per heavy atom. The van der Waals surface area contributed by atoms with Gasteiger partial charge in [0.25, 0.3) is 0 Å². The molecule has 0 aromatic carbocycles. The maximum atomic E-state index is 11.9. The fourth-order valence-electron chi connectivity index (χ4n) is 1.63. The van der Waals surface area contributed by atoms with Crippen molar-refractivity contribution >= 4 is 22.7 Å². The fourth-order valence-corrected chi connectivity index (χ4v) is 2.45.